The summed E-state index contributed by atoms with van der Waals surface area (Å²) in [6, 6.07) is 11.6. The lowest BCUT2D eigenvalue weighted by atomic mass is 10.2. The average Bonchev–Trinajstić information content (AvgIpc) is 3.04. The number of aryl methyl sites for hydroxylation is 1. The van der Waals surface area contributed by atoms with E-state index >= 15 is 0 Å². The van der Waals surface area contributed by atoms with Crippen molar-refractivity contribution in [1.29, 1.82) is 0 Å². The Morgan fingerprint density at radius 2 is 1.90 bits per heavy atom. The highest BCUT2D eigenvalue weighted by Crippen LogP contribution is 2.21. The molecule has 3 rings (SSSR count). The van der Waals surface area contributed by atoms with Crippen LogP contribution >= 0.6 is 12.4 Å². The zero-order valence-electron chi connectivity index (χ0n) is 16.9. The van der Waals surface area contributed by atoms with Crippen LogP contribution in [0.2, 0.25) is 0 Å². The summed E-state index contributed by atoms with van der Waals surface area (Å²) in [5.41, 5.74) is 1.69. The van der Waals surface area contributed by atoms with Gasteiger partial charge in [0, 0.05) is 25.7 Å². The van der Waals surface area contributed by atoms with Gasteiger partial charge in [-0.3, -0.25) is 4.90 Å². The van der Waals surface area contributed by atoms with Crippen LogP contribution in [0.3, 0.4) is 0 Å². The van der Waals surface area contributed by atoms with E-state index in [1.165, 1.54) is 12.1 Å². The van der Waals surface area contributed by atoms with Crippen molar-refractivity contribution >= 4 is 22.4 Å². The summed E-state index contributed by atoms with van der Waals surface area (Å²) in [6.07, 6.45) is 0.863. The van der Waals surface area contributed by atoms with Crippen LogP contribution in [0.25, 0.3) is 0 Å². The Bertz CT molecular complexity index is 920. The van der Waals surface area contributed by atoms with Crippen molar-refractivity contribution in [1.82, 2.24) is 9.62 Å². The van der Waals surface area contributed by atoms with E-state index in [2.05, 4.69) is 9.62 Å². The fourth-order valence-electron chi connectivity index (χ4n) is 3.42. The van der Waals surface area contributed by atoms with Crippen LogP contribution in [-0.4, -0.2) is 38.6 Å². The molecule has 29 heavy (non-hydrogen) atoms. The van der Waals surface area contributed by atoms with Gasteiger partial charge >= 0.3 is 0 Å². The largest absolute Gasteiger partial charge is 0.491 e. The van der Waals surface area contributed by atoms with Crippen LogP contribution in [0.1, 0.15) is 31.4 Å². The highest BCUT2D eigenvalue weighted by molar-refractivity contribution is 7.89. The zero-order valence-corrected chi connectivity index (χ0v) is 18.5. The van der Waals surface area contributed by atoms with Crippen molar-refractivity contribution in [2.45, 2.75) is 50.8 Å². The topological polar surface area (TPSA) is 58.6 Å². The molecule has 1 aliphatic rings. The Morgan fingerprint density at radius 1 is 1.21 bits per heavy atom. The van der Waals surface area contributed by atoms with Crippen molar-refractivity contribution in [2.24, 2.45) is 0 Å². The van der Waals surface area contributed by atoms with Crippen LogP contribution in [0, 0.1) is 12.7 Å². The Balaban J connectivity index is 0.00000300. The quantitative estimate of drug-likeness (QED) is 0.706. The second kappa shape index (κ2) is 9.89. The molecule has 1 aliphatic heterocycles. The van der Waals surface area contributed by atoms with Gasteiger partial charge in [0.25, 0.3) is 0 Å². The first-order valence-corrected chi connectivity index (χ1v) is 11.0. The molecule has 0 aliphatic carbocycles. The number of nitrogens with zero attached hydrogens (tertiary/aromatic N) is 1. The molecule has 1 heterocycles. The van der Waals surface area contributed by atoms with E-state index < -0.39 is 15.8 Å². The molecule has 1 unspecified atom stereocenters. The van der Waals surface area contributed by atoms with Crippen LogP contribution < -0.4 is 9.46 Å². The molecule has 2 aromatic rings. The second-order valence-corrected chi connectivity index (χ2v) is 9.24. The first-order chi connectivity index (χ1) is 13.2. The highest BCUT2D eigenvalue weighted by atomic mass is 35.5. The predicted octanol–water partition coefficient (Wildman–Crippen LogP) is 3.90. The third-order valence-electron chi connectivity index (χ3n) is 4.74. The van der Waals surface area contributed by atoms with Gasteiger partial charge in [0.15, 0.2) is 0 Å². The van der Waals surface area contributed by atoms with Gasteiger partial charge in [-0.05, 0) is 62.6 Å². The van der Waals surface area contributed by atoms with Gasteiger partial charge in [-0.15, -0.1) is 12.4 Å². The Labute approximate surface area is 178 Å². The minimum absolute atomic E-state index is 0. The SMILES string of the molecule is Cc1ccc(F)cc1S(=O)(=O)NC1CCN(Cc2ccc(OC(C)C)cc2)C1.Cl. The molecule has 0 radical (unpaired) electrons. The van der Waals surface area contributed by atoms with Crippen molar-refractivity contribution in [2.75, 3.05) is 13.1 Å². The molecule has 0 amide bonds. The average molecular weight is 443 g/mol. The number of nitrogens with one attached hydrogen (secondary N) is 1. The van der Waals surface area contributed by atoms with Gasteiger partial charge in [0.2, 0.25) is 10.0 Å². The number of hydrogen-bond acceptors (Lipinski definition) is 4. The summed E-state index contributed by atoms with van der Waals surface area (Å²) >= 11 is 0. The van der Waals surface area contributed by atoms with E-state index in [9.17, 15) is 12.8 Å². The minimum Gasteiger partial charge on any atom is -0.491 e. The summed E-state index contributed by atoms with van der Waals surface area (Å²) in [7, 11) is -3.74. The molecule has 0 bridgehead atoms. The lowest BCUT2D eigenvalue weighted by Crippen LogP contribution is -2.37. The van der Waals surface area contributed by atoms with Crippen molar-refractivity contribution < 1.29 is 17.5 Å². The molecule has 0 aromatic heterocycles. The van der Waals surface area contributed by atoms with E-state index in [0.717, 1.165) is 36.9 Å². The summed E-state index contributed by atoms with van der Waals surface area (Å²) in [5, 5.41) is 0. The van der Waals surface area contributed by atoms with Crippen molar-refractivity contribution in [3.63, 3.8) is 0 Å². The normalized spacial score (nSPS) is 17.3. The minimum atomic E-state index is -3.74. The Kier molecular flexibility index (Phi) is 8.05. The standard InChI is InChI=1S/C21H27FN2O3S.ClH/c1-15(2)27-20-8-5-17(6-9-20)13-24-11-10-19(14-24)23-28(25,26)21-12-18(22)7-4-16(21)3;/h4-9,12,15,19,23H,10-11,13-14H2,1-3H3;1H. The zero-order chi connectivity index (χ0) is 20.3. The third-order valence-corrected chi connectivity index (χ3v) is 6.40. The second-order valence-electron chi connectivity index (χ2n) is 7.56. The summed E-state index contributed by atoms with van der Waals surface area (Å²) in [6.45, 7) is 7.83. The van der Waals surface area contributed by atoms with E-state index in [1.807, 2.05) is 38.1 Å². The molecule has 5 nitrogen and oxygen atoms in total. The van der Waals surface area contributed by atoms with Gasteiger partial charge in [-0.1, -0.05) is 18.2 Å². The van der Waals surface area contributed by atoms with E-state index in [0.29, 0.717) is 12.1 Å². The van der Waals surface area contributed by atoms with Crippen LogP contribution in [-0.2, 0) is 16.6 Å². The molecule has 1 fully saturated rings. The summed E-state index contributed by atoms with van der Waals surface area (Å²) in [5.74, 6) is 0.292. The fraction of sp³-hybridized carbons (Fsp3) is 0.429. The van der Waals surface area contributed by atoms with E-state index in [1.54, 1.807) is 6.92 Å². The predicted molar refractivity (Wildman–Crippen MR) is 115 cm³/mol. The molecule has 0 saturated carbocycles. The number of rotatable bonds is 7. The first-order valence-electron chi connectivity index (χ1n) is 9.49. The van der Waals surface area contributed by atoms with Crippen molar-refractivity contribution in [3.05, 3.63) is 59.4 Å². The molecular weight excluding hydrogens is 415 g/mol. The van der Waals surface area contributed by atoms with Gasteiger partial charge in [-0.2, -0.15) is 0 Å². The molecule has 160 valence electrons. The summed E-state index contributed by atoms with van der Waals surface area (Å²) in [4.78, 5) is 2.22. The smallest absolute Gasteiger partial charge is 0.241 e. The van der Waals surface area contributed by atoms with E-state index in [-0.39, 0.29) is 29.4 Å². The number of ether oxygens (including phenoxy) is 1. The lowest BCUT2D eigenvalue weighted by Gasteiger charge is -2.18. The third kappa shape index (κ3) is 6.40. The molecule has 1 atom stereocenters. The number of hydrogen-bond donors (Lipinski definition) is 1. The van der Waals surface area contributed by atoms with Crippen LogP contribution in [0.15, 0.2) is 47.4 Å². The maximum atomic E-state index is 13.5. The maximum absolute atomic E-state index is 13.5. The van der Waals surface area contributed by atoms with Crippen LogP contribution in [0.5, 0.6) is 5.75 Å². The Hall–Kier alpha value is -1.67. The fourth-order valence-corrected chi connectivity index (χ4v) is 4.94. The number of likely N-dealkylation sites (tertiary alicyclic amines) is 1. The molecule has 1 N–H and O–H groups in total. The summed E-state index contributed by atoms with van der Waals surface area (Å²) < 4.78 is 47.2. The maximum Gasteiger partial charge on any atom is 0.241 e. The lowest BCUT2D eigenvalue weighted by molar-refractivity contribution is 0.242. The Morgan fingerprint density at radius 3 is 2.55 bits per heavy atom. The van der Waals surface area contributed by atoms with Gasteiger partial charge in [0.1, 0.15) is 11.6 Å². The van der Waals surface area contributed by atoms with Gasteiger partial charge in [-0.25, -0.2) is 17.5 Å². The molecule has 1 saturated heterocycles. The molecular formula is C21H28ClFN2O3S. The van der Waals surface area contributed by atoms with Gasteiger partial charge in [0.05, 0.1) is 11.0 Å². The highest BCUT2D eigenvalue weighted by Gasteiger charge is 2.28. The monoisotopic (exact) mass is 442 g/mol. The number of benzene rings is 2. The van der Waals surface area contributed by atoms with Crippen molar-refractivity contribution in [3.8, 4) is 5.75 Å². The number of halogens is 2. The molecule has 8 heteroatoms. The van der Waals surface area contributed by atoms with E-state index in [4.69, 9.17) is 4.74 Å². The first kappa shape index (κ1) is 23.6. The number of sulfonamides is 1. The molecule has 2 aromatic carbocycles. The van der Waals surface area contributed by atoms with Gasteiger partial charge < -0.3 is 4.74 Å². The molecule has 0 spiro atoms. The van der Waals surface area contributed by atoms with Crippen LogP contribution in [0.4, 0.5) is 4.39 Å².